The highest BCUT2D eigenvalue weighted by Crippen LogP contribution is 2.25. The number of aromatic nitrogens is 1. The van der Waals surface area contributed by atoms with E-state index >= 15 is 0 Å². The first kappa shape index (κ1) is 15.6. The van der Waals surface area contributed by atoms with Gasteiger partial charge >= 0.3 is 0 Å². The van der Waals surface area contributed by atoms with Crippen molar-refractivity contribution in [2.45, 2.75) is 10.6 Å². The van der Waals surface area contributed by atoms with E-state index in [-0.39, 0.29) is 5.91 Å². The second-order valence-electron chi connectivity index (χ2n) is 4.69. The molecule has 0 saturated heterocycles. The molecule has 0 bridgehead atoms. The van der Waals surface area contributed by atoms with Crippen molar-refractivity contribution in [1.29, 1.82) is 0 Å². The number of thioether (sulfide) groups is 1. The van der Waals surface area contributed by atoms with Crippen molar-refractivity contribution >= 4 is 35.1 Å². The number of hydrogen-bond donors (Lipinski definition) is 1. The summed E-state index contributed by atoms with van der Waals surface area (Å²) in [5.74, 6) is 1.05. The average Bonchev–Trinajstić information content (AvgIpc) is 3.05. The van der Waals surface area contributed by atoms with Gasteiger partial charge in [-0.2, -0.15) is 0 Å². The Hall–Kier alpha value is -2.24. The number of furan rings is 1. The van der Waals surface area contributed by atoms with Crippen LogP contribution in [0.3, 0.4) is 0 Å². The van der Waals surface area contributed by atoms with Gasteiger partial charge in [0.15, 0.2) is 5.76 Å². The van der Waals surface area contributed by atoms with Gasteiger partial charge in [-0.1, -0.05) is 29.8 Å². The molecule has 4 nitrogen and oxygen atoms in total. The Morgan fingerprint density at radius 3 is 2.74 bits per heavy atom. The van der Waals surface area contributed by atoms with Crippen LogP contribution in [-0.4, -0.2) is 10.9 Å². The SMILES string of the molecule is O=C(Nc1ccc(Cl)cn1)c1occc1CSc1ccccc1. The molecule has 3 rings (SSSR count). The van der Waals surface area contributed by atoms with Crippen molar-refractivity contribution in [3.63, 3.8) is 0 Å². The zero-order chi connectivity index (χ0) is 16.1. The van der Waals surface area contributed by atoms with Gasteiger partial charge in [0.1, 0.15) is 5.82 Å². The second kappa shape index (κ2) is 7.35. The molecule has 2 aromatic heterocycles. The molecule has 0 aliphatic carbocycles. The van der Waals surface area contributed by atoms with Crippen molar-refractivity contribution < 1.29 is 9.21 Å². The molecule has 116 valence electrons. The number of pyridine rings is 1. The fraction of sp³-hybridized carbons (Fsp3) is 0.0588. The van der Waals surface area contributed by atoms with Crippen LogP contribution in [0.4, 0.5) is 5.82 Å². The van der Waals surface area contributed by atoms with E-state index in [9.17, 15) is 4.79 Å². The largest absolute Gasteiger partial charge is 0.459 e. The number of benzene rings is 1. The fourth-order valence-electron chi connectivity index (χ4n) is 1.95. The molecule has 0 radical (unpaired) electrons. The van der Waals surface area contributed by atoms with Crippen LogP contribution in [0.5, 0.6) is 0 Å². The van der Waals surface area contributed by atoms with Gasteiger partial charge in [0.05, 0.1) is 11.3 Å². The highest BCUT2D eigenvalue weighted by Gasteiger charge is 2.16. The topological polar surface area (TPSA) is 55.1 Å². The Kier molecular flexibility index (Phi) is 5.00. The van der Waals surface area contributed by atoms with Crippen LogP contribution >= 0.6 is 23.4 Å². The molecule has 23 heavy (non-hydrogen) atoms. The Morgan fingerprint density at radius 2 is 2.00 bits per heavy atom. The lowest BCUT2D eigenvalue weighted by atomic mass is 10.2. The molecule has 0 unspecified atom stereocenters. The first-order chi connectivity index (χ1) is 11.2. The zero-order valence-electron chi connectivity index (χ0n) is 12.0. The van der Waals surface area contributed by atoms with Crippen LogP contribution < -0.4 is 5.32 Å². The summed E-state index contributed by atoms with van der Waals surface area (Å²) in [6, 6.07) is 15.1. The smallest absolute Gasteiger partial charge is 0.292 e. The third-order valence-electron chi connectivity index (χ3n) is 3.06. The molecule has 0 atom stereocenters. The number of carbonyl (C=O) groups excluding carboxylic acids is 1. The number of rotatable bonds is 5. The van der Waals surface area contributed by atoms with E-state index in [4.69, 9.17) is 16.0 Å². The van der Waals surface area contributed by atoms with Crippen LogP contribution in [0, 0.1) is 0 Å². The number of anilines is 1. The Bertz CT molecular complexity index is 788. The van der Waals surface area contributed by atoms with Crippen molar-refractivity contribution in [1.82, 2.24) is 4.98 Å². The maximum atomic E-state index is 12.3. The van der Waals surface area contributed by atoms with Crippen LogP contribution in [-0.2, 0) is 5.75 Å². The lowest BCUT2D eigenvalue weighted by molar-refractivity contribution is 0.0995. The molecule has 0 aliphatic rings. The van der Waals surface area contributed by atoms with Gasteiger partial charge < -0.3 is 9.73 Å². The molecule has 0 fully saturated rings. The summed E-state index contributed by atoms with van der Waals surface area (Å²) >= 11 is 7.42. The highest BCUT2D eigenvalue weighted by atomic mass is 35.5. The van der Waals surface area contributed by atoms with E-state index in [1.807, 2.05) is 30.3 Å². The maximum Gasteiger partial charge on any atom is 0.292 e. The van der Waals surface area contributed by atoms with E-state index in [2.05, 4.69) is 10.3 Å². The standard InChI is InChI=1S/C17H13ClN2O2S/c18-13-6-7-15(19-10-13)20-17(21)16-12(8-9-22-16)11-23-14-4-2-1-3-5-14/h1-10H,11H2,(H,19,20,21). The first-order valence-electron chi connectivity index (χ1n) is 6.89. The summed E-state index contributed by atoms with van der Waals surface area (Å²) < 4.78 is 5.33. The quantitative estimate of drug-likeness (QED) is 0.671. The zero-order valence-corrected chi connectivity index (χ0v) is 13.6. The van der Waals surface area contributed by atoms with E-state index in [1.165, 1.54) is 12.5 Å². The summed E-state index contributed by atoms with van der Waals surface area (Å²) in [4.78, 5) is 17.5. The molecule has 6 heteroatoms. The van der Waals surface area contributed by atoms with Gasteiger partial charge in [0.2, 0.25) is 0 Å². The number of carbonyl (C=O) groups is 1. The van der Waals surface area contributed by atoms with Crippen LogP contribution in [0.2, 0.25) is 5.02 Å². The van der Waals surface area contributed by atoms with Gasteiger partial charge in [-0.15, -0.1) is 11.8 Å². The molecule has 0 spiro atoms. The summed E-state index contributed by atoms with van der Waals surface area (Å²) in [5, 5.41) is 3.21. The molecule has 1 amide bonds. The lowest BCUT2D eigenvalue weighted by Crippen LogP contribution is -2.13. The van der Waals surface area contributed by atoms with Crippen molar-refractivity contribution in [3.8, 4) is 0 Å². The molecular weight excluding hydrogens is 332 g/mol. The lowest BCUT2D eigenvalue weighted by Gasteiger charge is -2.05. The number of hydrogen-bond acceptors (Lipinski definition) is 4. The first-order valence-corrected chi connectivity index (χ1v) is 8.26. The summed E-state index contributed by atoms with van der Waals surface area (Å²) in [7, 11) is 0. The van der Waals surface area contributed by atoms with Crippen molar-refractivity contribution in [3.05, 3.63) is 77.3 Å². The van der Waals surface area contributed by atoms with Gasteiger partial charge in [0, 0.05) is 22.4 Å². The minimum atomic E-state index is -0.325. The van der Waals surface area contributed by atoms with E-state index in [0.717, 1.165) is 10.5 Å². The number of halogens is 1. The van der Waals surface area contributed by atoms with Crippen molar-refractivity contribution in [2.75, 3.05) is 5.32 Å². The number of nitrogens with one attached hydrogen (secondary N) is 1. The average molecular weight is 345 g/mol. The number of amides is 1. The Morgan fingerprint density at radius 1 is 1.17 bits per heavy atom. The van der Waals surface area contributed by atoms with Gasteiger partial charge in [-0.05, 0) is 30.3 Å². The third-order valence-corrected chi connectivity index (χ3v) is 4.34. The maximum absolute atomic E-state index is 12.3. The van der Waals surface area contributed by atoms with Gasteiger partial charge in [-0.25, -0.2) is 4.98 Å². The molecule has 3 aromatic rings. The minimum Gasteiger partial charge on any atom is -0.459 e. The normalized spacial score (nSPS) is 10.5. The van der Waals surface area contributed by atoms with Gasteiger partial charge in [-0.3, -0.25) is 4.79 Å². The number of nitrogens with zero attached hydrogens (tertiary/aromatic N) is 1. The van der Waals surface area contributed by atoms with E-state index in [0.29, 0.717) is 22.4 Å². The molecule has 0 aliphatic heterocycles. The Balaban J connectivity index is 1.67. The predicted molar refractivity (Wildman–Crippen MR) is 91.9 cm³/mol. The van der Waals surface area contributed by atoms with Gasteiger partial charge in [0.25, 0.3) is 5.91 Å². The molecular formula is C17H13ClN2O2S. The second-order valence-corrected chi connectivity index (χ2v) is 6.18. The third kappa shape index (κ3) is 4.15. The van der Waals surface area contributed by atoms with Crippen LogP contribution in [0.25, 0.3) is 0 Å². The molecule has 1 aromatic carbocycles. The van der Waals surface area contributed by atoms with Crippen LogP contribution in [0.15, 0.2) is 70.3 Å². The molecule has 2 heterocycles. The van der Waals surface area contributed by atoms with Crippen molar-refractivity contribution in [2.24, 2.45) is 0 Å². The summed E-state index contributed by atoms with van der Waals surface area (Å²) in [6.07, 6.45) is 3.00. The highest BCUT2D eigenvalue weighted by molar-refractivity contribution is 7.98. The van der Waals surface area contributed by atoms with E-state index in [1.54, 1.807) is 30.0 Å². The summed E-state index contributed by atoms with van der Waals surface area (Å²) in [5.41, 5.74) is 0.838. The predicted octanol–water partition coefficient (Wildman–Crippen LogP) is 4.87. The molecule has 1 N–H and O–H groups in total. The fourth-order valence-corrected chi connectivity index (χ4v) is 2.96. The molecule has 0 saturated carbocycles. The monoisotopic (exact) mass is 344 g/mol. The Labute approximate surface area is 142 Å². The van der Waals surface area contributed by atoms with E-state index < -0.39 is 0 Å². The minimum absolute atomic E-state index is 0.296. The summed E-state index contributed by atoms with van der Waals surface area (Å²) in [6.45, 7) is 0. The van der Waals surface area contributed by atoms with Crippen LogP contribution in [0.1, 0.15) is 16.1 Å².